The normalized spacial score (nSPS) is 21.6. The van der Waals surface area contributed by atoms with Crippen molar-refractivity contribution in [1.82, 2.24) is 4.90 Å². The maximum absolute atomic E-state index is 12.3. The van der Waals surface area contributed by atoms with E-state index in [9.17, 15) is 18.4 Å². The van der Waals surface area contributed by atoms with E-state index < -0.39 is 24.5 Å². The van der Waals surface area contributed by atoms with E-state index in [2.05, 4.69) is 4.74 Å². The van der Waals surface area contributed by atoms with E-state index in [0.29, 0.717) is 18.5 Å². The lowest BCUT2D eigenvalue weighted by atomic mass is 10.0. The molecule has 0 bridgehead atoms. The van der Waals surface area contributed by atoms with Gasteiger partial charge in [0.05, 0.1) is 5.92 Å². The number of ether oxygens (including phenoxy) is 1. The smallest absolute Gasteiger partial charge is 0.387 e. The van der Waals surface area contributed by atoms with Gasteiger partial charge in [-0.05, 0) is 37.6 Å². The van der Waals surface area contributed by atoms with Gasteiger partial charge in [-0.15, -0.1) is 0 Å². The highest BCUT2D eigenvalue weighted by atomic mass is 19.3. The molecule has 1 aromatic carbocycles. The number of likely N-dealkylation sites (tertiary alicyclic amines) is 1. The van der Waals surface area contributed by atoms with E-state index in [1.165, 1.54) is 29.2 Å². The first-order valence-corrected chi connectivity index (χ1v) is 6.49. The Kier molecular flexibility index (Phi) is 4.40. The number of carboxylic acids is 1. The quantitative estimate of drug-likeness (QED) is 0.925. The van der Waals surface area contributed by atoms with Gasteiger partial charge < -0.3 is 14.7 Å². The molecule has 0 aromatic heterocycles. The average molecular weight is 299 g/mol. The van der Waals surface area contributed by atoms with Gasteiger partial charge in [0.25, 0.3) is 5.91 Å². The van der Waals surface area contributed by atoms with E-state index in [1.54, 1.807) is 6.92 Å². The standard InChI is InChI=1S/C14H15F2NO4/c1-8-11(13(19)20)6-7-17(8)12(18)9-2-4-10(5-3-9)21-14(15)16/h2-5,8,11,14H,6-7H2,1H3,(H,19,20). The molecule has 7 heteroatoms. The molecule has 1 aliphatic heterocycles. The first-order chi connectivity index (χ1) is 9.90. The summed E-state index contributed by atoms with van der Waals surface area (Å²) in [4.78, 5) is 24.8. The highest BCUT2D eigenvalue weighted by molar-refractivity contribution is 5.95. The molecule has 21 heavy (non-hydrogen) atoms. The molecule has 0 saturated carbocycles. The summed E-state index contributed by atoms with van der Waals surface area (Å²) in [7, 11) is 0. The number of rotatable bonds is 4. The van der Waals surface area contributed by atoms with E-state index >= 15 is 0 Å². The van der Waals surface area contributed by atoms with Crippen molar-refractivity contribution in [2.45, 2.75) is 26.0 Å². The summed E-state index contributed by atoms with van der Waals surface area (Å²) in [5.74, 6) is -1.83. The van der Waals surface area contributed by atoms with Gasteiger partial charge in [0.15, 0.2) is 0 Å². The summed E-state index contributed by atoms with van der Waals surface area (Å²) in [6, 6.07) is 4.96. The second-order valence-electron chi connectivity index (χ2n) is 4.88. The van der Waals surface area contributed by atoms with E-state index in [-0.39, 0.29) is 11.7 Å². The summed E-state index contributed by atoms with van der Waals surface area (Å²) in [6.07, 6.45) is 0.412. The van der Waals surface area contributed by atoms with Gasteiger partial charge in [0.2, 0.25) is 0 Å². The Hall–Kier alpha value is -2.18. The zero-order valence-corrected chi connectivity index (χ0v) is 11.3. The summed E-state index contributed by atoms with van der Waals surface area (Å²) in [5, 5.41) is 9.05. The van der Waals surface area contributed by atoms with Crippen LogP contribution in [-0.4, -0.2) is 41.1 Å². The molecule has 1 saturated heterocycles. The number of benzene rings is 1. The lowest BCUT2D eigenvalue weighted by Gasteiger charge is -2.23. The SMILES string of the molecule is CC1C(C(=O)O)CCN1C(=O)c1ccc(OC(F)F)cc1. The molecule has 2 rings (SSSR count). The van der Waals surface area contributed by atoms with Gasteiger partial charge in [-0.3, -0.25) is 9.59 Å². The number of alkyl halides is 2. The lowest BCUT2D eigenvalue weighted by molar-refractivity contribution is -0.142. The van der Waals surface area contributed by atoms with Crippen LogP contribution in [0.2, 0.25) is 0 Å². The summed E-state index contributed by atoms with van der Waals surface area (Å²) in [6.45, 7) is -0.856. The third kappa shape index (κ3) is 3.29. The molecule has 0 radical (unpaired) electrons. The molecule has 1 aliphatic rings. The van der Waals surface area contributed by atoms with E-state index in [1.807, 2.05) is 0 Å². The minimum Gasteiger partial charge on any atom is -0.481 e. The molecule has 1 fully saturated rings. The third-order valence-corrected chi connectivity index (χ3v) is 3.66. The lowest BCUT2D eigenvalue weighted by Crippen LogP contribution is -2.37. The van der Waals surface area contributed by atoms with Gasteiger partial charge >= 0.3 is 12.6 Å². The fourth-order valence-corrected chi connectivity index (χ4v) is 2.50. The largest absolute Gasteiger partial charge is 0.481 e. The summed E-state index contributed by atoms with van der Waals surface area (Å²) in [5.41, 5.74) is 0.314. The van der Waals surface area contributed by atoms with Crippen LogP contribution in [0.15, 0.2) is 24.3 Å². The molecule has 1 aromatic rings. The molecular weight excluding hydrogens is 284 g/mol. The molecule has 2 atom stereocenters. The Morgan fingerprint density at radius 2 is 1.95 bits per heavy atom. The molecule has 114 valence electrons. The topological polar surface area (TPSA) is 66.8 Å². The Morgan fingerprint density at radius 3 is 2.43 bits per heavy atom. The van der Waals surface area contributed by atoms with Crippen molar-refractivity contribution < 1.29 is 28.2 Å². The number of hydrogen-bond donors (Lipinski definition) is 1. The zero-order valence-electron chi connectivity index (χ0n) is 11.3. The van der Waals surface area contributed by atoms with Crippen molar-refractivity contribution in [3.63, 3.8) is 0 Å². The van der Waals surface area contributed by atoms with Crippen molar-refractivity contribution in [2.75, 3.05) is 6.54 Å². The van der Waals surface area contributed by atoms with Crippen LogP contribution in [0, 0.1) is 5.92 Å². The number of halogens is 2. The Balaban J connectivity index is 2.08. The molecular formula is C14H15F2NO4. The predicted octanol–water partition coefficient (Wildman–Crippen LogP) is 2.22. The van der Waals surface area contributed by atoms with Crippen LogP contribution in [-0.2, 0) is 4.79 Å². The van der Waals surface area contributed by atoms with E-state index in [0.717, 1.165) is 0 Å². The molecule has 2 unspecified atom stereocenters. The number of amides is 1. The minimum absolute atomic E-state index is 0.0283. The van der Waals surface area contributed by atoms with Crippen LogP contribution < -0.4 is 4.74 Å². The number of aliphatic carboxylic acids is 1. The Labute approximate surface area is 120 Å². The average Bonchev–Trinajstić information content (AvgIpc) is 2.80. The predicted molar refractivity (Wildman–Crippen MR) is 69.3 cm³/mol. The number of carbonyl (C=O) groups excluding carboxylic acids is 1. The first-order valence-electron chi connectivity index (χ1n) is 6.49. The molecule has 0 spiro atoms. The summed E-state index contributed by atoms with van der Waals surface area (Å²) >= 11 is 0. The number of hydrogen-bond acceptors (Lipinski definition) is 3. The van der Waals surface area contributed by atoms with Gasteiger partial charge in [-0.2, -0.15) is 8.78 Å². The summed E-state index contributed by atoms with van der Waals surface area (Å²) < 4.78 is 28.3. The Bertz CT molecular complexity index is 532. The van der Waals surface area contributed by atoms with Crippen molar-refractivity contribution >= 4 is 11.9 Å². The van der Waals surface area contributed by atoms with Gasteiger partial charge in [0, 0.05) is 18.2 Å². The van der Waals surface area contributed by atoms with Crippen LogP contribution in [0.5, 0.6) is 5.75 Å². The fraction of sp³-hybridized carbons (Fsp3) is 0.429. The molecule has 1 N–H and O–H groups in total. The van der Waals surface area contributed by atoms with Crippen molar-refractivity contribution in [3.8, 4) is 5.75 Å². The first kappa shape index (κ1) is 15.2. The molecule has 1 heterocycles. The maximum atomic E-state index is 12.3. The highest BCUT2D eigenvalue weighted by Crippen LogP contribution is 2.26. The monoisotopic (exact) mass is 299 g/mol. The van der Waals surface area contributed by atoms with Crippen LogP contribution in [0.25, 0.3) is 0 Å². The highest BCUT2D eigenvalue weighted by Gasteiger charge is 2.38. The second kappa shape index (κ2) is 6.07. The van der Waals surface area contributed by atoms with Crippen LogP contribution >= 0.6 is 0 Å². The van der Waals surface area contributed by atoms with Crippen molar-refractivity contribution in [3.05, 3.63) is 29.8 Å². The third-order valence-electron chi connectivity index (χ3n) is 3.66. The number of carbonyl (C=O) groups is 2. The maximum Gasteiger partial charge on any atom is 0.387 e. The Morgan fingerprint density at radius 1 is 1.33 bits per heavy atom. The van der Waals surface area contributed by atoms with Gasteiger partial charge in [-0.1, -0.05) is 0 Å². The van der Waals surface area contributed by atoms with Crippen LogP contribution in [0.4, 0.5) is 8.78 Å². The minimum atomic E-state index is -2.92. The van der Waals surface area contributed by atoms with Crippen LogP contribution in [0.1, 0.15) is 23.7 Å². The van der Waals surface area contributed by atoms with Crippen LogP contribution in [0.3, 0.4) is 0 Å². The fourth-order valence-electron chi connectivity index (χ4n) is 2.50. The molecule has 1 amide bonds. The number of carboxylic acid groups (broad SMARTS) is 1. The van der Waals surface area contributed by atoms with E-state index in [4.69, 9.17) is 5.11 Å². The molecule has 5 nitrogen and oxygen atoms in total. The van der Waals surface area contributed by atoms with Crippen molar-refractivity contribution in [1.29, 1.82) is 0 Å². The molecule has 0 aliphatic carbocycles. The number of nitrogens with zero attached hydrogens (tertiary/aromatic N) is 1. The van der Waals surface area contributed by atoms with Gasteiger partial charge in [0.1, 0.15) is 5.75 Å². The van der Waals surface area contributed by atoms with Crippen molar-refractivity contribution in [2.24, 2.45) is 5.92 Å². The van der Waals surface area contributed by atoms with Gasteiger partial charge in [-0.25, -0.2) is 0 Å². The zero-order chi connectivity index (χ0) is 15.6. The second-order valence-corrected chi connectivity index (χ2v) is 4.88.